The molecule has 6 nitrogen and oxygen atoms in total. The summed E-state index contributed by atoms with van der Waals surface area (Å²) in [6.45, 7) is 6.88. The van der Waals surface area contributed by atoms with E-state index in [0.29, 0.717) is 35.4 Å². The van der Waals surface area contributed by atoms with Crippen molar-refractivity contribution in [2.24, 2.45) is 5.41 Å². The molecule has 1 saturated heterocycles. The normalized spacial score (nSPS) is 25.8. The van der Waals surface area contributed by atoms with Gasteiger partial charge in [0.25, 0.3) is 0 Å². The van der Waals surface area contributed by atoms with Crippen molar-refractivity contribution in [3.05, 3.63) is 52.4 Å². The van der Waals surface area contributed by atoms with E-state index in [-0.39, 0.29) is 29.7 Å². The number of dihydropyridines is 1. The van der Waals surface area contributed by atoms with Crippen molar-refractivity contribution in [2.45, 2.75) is 58.5 Å². The number of carbonyl (C=O) groups is 2. The highest BCUT2D eigenvalue weighted by Crippen LogP contribution is 2.47. The fourth-order valence-electron chi connectivity index (χ4n) is 4.77. The first-order chi connectivity index (χ1) is 14.2. The Labute approximate surface area is 176 Å². The lowest BCUT2D eigenvalue weighted by Gasteiger charge is -2.39. The third kappa shape index (κ3) is 4.01. The van der Waals surface area contributed by atoms with E-state index in [4.69, 9.17) is 9.47 Å². The van der Waals surface area contributed by atoms with Crippen LogP contribution >= 0.6 is 0 Å². The average Bonchev–Trinajstić information content (AvgIpc) is 3.17. The molecule has 6 heteroatoms. The van der Waals surface area contributed by atoms with Crippen molar-refractivity contribution in [3.8, 4) is 5.75 Å². The van der Waals surface area contributed by atoms with Gasteiger partial charge in [-0.3, -0.25) is 4.79 Å². The zero-order chi connectivity index (χ0) is 21.5. The molecule has 30 heavy (non-hydrogen) atoms. The summed E-state index contributed by atoms with van der Waals surface area (Å²) < 4.78 is 11.2. The number of benzene rings is 1. The SMILES string of the molecule is CC1=C(C(=O)OC[C@@H]2CCCO2)[C@H](c2cccc(O)c2)C2=C(CC(C)(C)CC2=O)N1. The molecule has 3 aliphatic rings. The van der Waals surface area contributed by atoms with E-state index in [2.05, 4.69) is 19.2 Å². The number of nitrogens with one attached hydrogen (secondary N) is 1. The standard InChI is InChI=1S/C24H29NO5/c1-14-20(23(28)30-13-17-8-5-9-29-17)21(15-6-4-7-16(26)10-15)22-18(25-14)11-24(2,3)12-19(22)27/h4,6-7,10,17,21,25-26H,5,8-9,11-13H2,1-3H3/t17-,21-/m0/s1. The molecule has 0 aromatic heterocycles. The molecule has 1 aromatic carbocycles. The zero-order valence-corrected chi connectivity index (χ0v) is 17.8. The van der Waals surface area contributed by atoms with Crippen LogP contribution in [0.2, 0.25) is 0 Å². The van der Waals surface area contributed by atoms with E-state index < -0.39 is 11.9 Å². The molecular formula is C24H29NO5. The van der Waals surface area contributed by atoms with Crippen molar-refractivity contribution >= 4 is 11.8 Å². The molecular weight excluding hydrogens is 382 g/mol. The number of phenolic OH excluding ortho intramolecular Hbond substituents is 1. The maximum atomic E-state index is 13.2. The maximum absolute atomic E-state index is 13.2. The molecule has 2 N–H and O–H groups in total. The molecule has 1 aromatic rings. The number of esters is 1. The third-order valence-electron chi connectivity index (χ3n) is 6.09. The van der Waals surface area contributed by atoms with Crippen LogP contribution in [0.5, 0.6) is 5.75 Å². The quantitative estimate of drug-likeness (QED) is 0.735. The van der Waals surface area contributed by atoms with Crippen LogP contribution in [0.25, 0.3) is 0 Å². The molecule has 1 fully saturated rings. The van der Waals surface area contributed by atoms with Gasteiger partial charge in [0.15, 0.2) is 5.78 Å². The van der Waals surface area contributed by atoms with E-state index in [9.17, 15) is 14.7 Å². The first-order valence-electron chi connectivity index (χ1n) is 10.6. The Balaban J connectivity index is 1.72. The van der Waals surface area contributed by atoms with Gasteiger partial charge in [-0.15, -0.1) is 0 Å². The Morgan fingerprint density at radius 2 is 2.13 bits per heavy atom. The van der Waals surface area contributed by atoms with Crippen LogP contribution in [0, 0.1) is 5.41 Å². The summed E-state index contributed by atoms with van der Waals surface area (Å²) in [6, 6.07) is 6.77. The van der Waals surface area contributed by atoms with Gasteiger partial charge in [0.2, 0.25) is 0 Å². The van der Waals surface area contributed by atoms with Gasteiger partial charge >= 0.3 is 5.97 Å². The van der Waals surface area contributed by atoms with Crippen molar-refractivity contribution in [1.29, 1.82) is 0 Å². The molecule has 1 aliphatic carbocycles. The van der Waals surface area contributed by atoms with Crippen molar-refractivity contribution < 1.29 is 24.2 Å². The summed E-state index contributed by atoms with van der Waals surface area (Å²) in [7, 11) is 0. The molecule has 0 spiro atoms. The van der Waals surface area contributed by atoms with Crippen molar-refractivity contribution in [2.75, 3.05) is 13.2 Å². The summed E-state index contributed by atoms with van der Waals surface area (Å²) in [6.07, 6.45) is 2.91. The number of aromatic hydroxyl groups is 1. The molecule has 0 radical (unpaired) electrons. The topological polar surface area (TPSA) is 84.9 Å². The average molecular weight is 411 g/mol. The number of ether oxygens (including phenoxy) is 2. The van der Waals surface area contributed by atoms with E-state index >= 15 is 0 Å². The predicted octanol–water partition coefficient (Wildman–Crippen LogP) is 3.72. The van der Waals surface area contributed by atoms with Gasteiger partial charge in [0.05, 0.1) is 11.7 Å². The van der Waals surface area contributed by atoms with Crippen LogP contribution in [0.4, 0.5) is 0 Å². The fraction of sp³-hybridized carbons (Fsp3) is 0.500. The van der Waals surface area contributed by atoms with Crippen LogP contribution < -0.4 is 5.32 Å². The van der Waals surface area contributed by atoms with Gasteiger partial charge in [-0.05, 0) is 49.3 Å². The van der Waals surface area contributed by atoms with E-state index in [1.807, 2.05) is 13.0 Å². The summed E-state index contributed by atoms with van der Waals surface area (Å²) in [5.74, 6) is -0.887. The highest BCUT2D eigenvalue weighted by Gasteiger charge is 2.43. The minimum absolute atomic E-state index is 0.0269. The molecule has 2 heterocycles. The highest BCUT2D eigenvalue weighted by molar-refractivity contribution is 6.04. The minimum atomic E-state index is -0.561. The number of carbonyl (C=O) groups excluding carboxylic acids is 2. The number of allylic oxidation sites excluding steroid dienone is 3. The maximum Gasteiger partial charge on any atom is 0.336 e. The van der Waals surface area contributed by atoms with Crippen LogP contribution in [-0.2, 0) is 19.1 Å². The minimum Gasteiger partial charge on any atom is -0.508 e. The number of hydrogen-bond acceptors (Lipinski definition) is 6. The Bertz CT molecular complexity index is 937. The van der Waals surface area contributed by atoms with Crippen LogP contribution in [0.3, 0.4) is 0 Å². The smallest absolute Gasteiger partial charge is 0.336 e. The molecule has 4 rings (SSSR count). The second kappa shape index (κ2) is 7.91. The lowest BCUT2D eigenvalue weighted by molar-refractivity contribution is -0.142. The third-order valence-corrected chi connectivity index (χ3v) is 6.09. The molecule has 0 unspecified atom stereocenters. The van der Waals surface area contributed by atoms with Gasteiger partial charge in [0, 0.05) is 35.9 Å². The van der Waals surface area contributed by atoms with Gasteiger partial charge in [-0.1, -0.05) is 26.0 Å². The highest BCUT2D eigenvalue weighted by atomic mass is 16.6. The number of rotatable bonds is 4. The first-order valence-corrected chi connectivity index (χ1v) is 10.6. The molecule has 0 bridgehead atoms. The Morgan fingerprint density at radius 1 is 1.33 bits per heavy atom. The number of ketones is 1. The molecule has 2 atom stereocenters. The van der Waals surface area contributed by atoms with Gasteiger partial charge in [-0.2, -0.15) is 0 Å². The van der Waals surface area contributed by atoms with E-state index in [1.165, 1.54) is 0 Å². The molecule has 0 amide bonds. The van der Waals surface area contributed by atoms with E-state index in [0.717, 1.165) is 25.0 Å². The zero-order valence-electron chi connectivity index (χ0n) is 17.8. The van der Waals surface area contributed by atoms with Crippen molar-refractivity contribution in [1.82, 2.24) is 5.32 Å². The fourth-order valence-corrected chi connectivity index (χ4v) is 4.77. The summed E-state index contributed by atoms with van der Waals surface area (Å²) >= 11 is 0. The largest absolute Gasteiger partial charge is 0.508 e. The molecule has 2 aliphatic heterocycles. The lowest BCUT2D eigenvalue weighted by atomic mass is 9.68. The summed E-state index contributed by atoms with van der Waals surface area (Å²) in [5, 5.41) is 13.4. The number of phenols is 1. The Kier molecular flexibility index (Phi) is 5.45. The van der Waals surface area contributed by atoms with Gasteiger partial charge in [0.1, 0.15) is 12.4 Å². The first kappa shape index (κ1) is 20.7. The second-order valence-corrected chi connectivity index (χ2v) is 9.26. The van der Waals surface area contributed by atoms with Crippen molar-refractivity contribution in [3.63, 3.8) is 0 Å². The lowest BCUT2D eigenvalue weighted by Crippen LogP contribution is -2.39. The second-order valence-electron chi connectivity index (χ2n) is 9.26. The number of Topliss-reactive ketones (excluding diaryl/α,β-unsaturated/α-hetero) is 1. The van der Waals surface area contributed by atoms with Crippen LogP contribution in [-0.4, -0.2) is 36.2 Å². The number of hydrogen-bond donors (Lipinski definition) is 2. The summed E-state index contributed by atoms with van der Waals surface area (Å²) in [5.41, 5.74) is 3.13. The summed E-state index contributed by atoms with van der Waals surface area (Å²) in [4.78, 5) is 26.4. The molecule has 0 saturated carbocycles. The molecule has 160 valence electrons. The monoisotopic (exact) mass is 411 g/mol. The van der Waals surface area contributed by atoms with Crippen LogP contribution in [0.1, 0.15) is 57.9 Å². The van der Waals surface area contributed by atoms with Gasteiger partial charge in [-0.25, -0.2) is 4.79 Å². The Hall–Kier alpha value is -2.60. The van der Waals surface area contributed by atoms with Gasteiger partial charge < -0.3 is 19.9 Å². The van der Waals surface area contributed by atoms with E-state index in [1.54, 1.807) is 18.2 Å². The van der Waals surface area contributed by atoms with Crippen LogP contribution in [0.15, 0.2) is 46.8 Å². The Morgan fingerprint density at radius 3 is 2.83 bits per heavy atom. The predicted molar refractivity (Wildman–Crippen MR) is 112 cm³/mol.